The maximum atomic E-state index is 14.0. The fourth-order valence-electron chi connectivity index (χ4n) is 5.52. The van der Waals surface area contributed by atoms with E-state index in [1.54, 1.807) is 28.8 Å². The topological polar surface area (TPSA) is 90.6 Å². The summed E-state index contributed by atoms with van der Waals surface area (Å²) in [5.41, 5.74) is 5.24. The lowest BCUT2D eigenvalue weighted by Gasteiger charge is -2.31. The van der Waals surface area contributed by atoms with Crippen LogP contribution in [0.15, 0.2) is 98.6 Å². The lowest BCUT2D eigenvalue weighted by Crippen LogP contribution is -2.38. The number of nitro benzene ring substituents is 1. The molecule has 3 aromatic carbocycles. The molecule has 0 saturated carbocycles. The predicted molar refractivity (Wildman–Crippen MR) is 160 cm³/mol. The van der Waals surface area contributed by atoms with Crippen LogP contribution in [0.5, 0.6) is 0 Å². The number of nitrogens with zero attached hydrogens (tertiary/aromatic N) is 3. The van der Waals surface area contributed by atoms with Gasteiger partial charge in [-0.3, -0.25) is 19.5 Å². The van der Waals surface area contributed by atoms with Crippen LogP contribution in [0.25, 0.3) is 23.1 Å². The van der Waals surface area contributed by atoms with Gasteiger partial charge in [-0.25, -0.2) is 4.99 Å². The Bertz CT molecular complexity index is 2110. The fourth-order valence-corrected chi connectivity index (χ4v) is 6.92. The molecule has 0 amide bonds. The first-order valence-corrected chi connectivity index (χ1v) is 14.4. The molecule has 0 radical (unpaired) electrons. The van der Waals surface area contributed by atoms with Crippen molar-refractivity contribution < 1.29 is 9.34 Å². The molecule has 2 aliphatic rings. The van der Waals surface area contributed by atoms with Crippen LogP contribution in [-0.2, 0) is 6.42 Å². The van der Waals surface area contributed by atoms with Crippen molar-refractivity contribution in [3.05, 3.63) is 147 Å². The molecular formula is C31H19Cl2N3O4S. The smallest absolute Gasteiger partial charge is 0.288 e. The molecule has 10 heteroatoms. The lowest BCUT2D eigenvalue weighted by atomic mass is 9.83. The monoisotopic (exact) mass is 599 g/mol. The highest BCUT2D eigenvalue weighted by Crippen LogP contribution is 2.42. The number of aromatic nitrogens is 1. The summed E-state index contributed by atoms with van der Waals surface area (Å²) in [6, 6.07) is 23.4. The first-order chi connectivity index (χ1) is 19.9. The van der Waals surface area contributed by atoms with Gasteiger partial charge in [0, 0.05) is 28.3 Å². The molecule has 202 valence electrons. The molecule has 1 atom stereocenters. The van der Waals surface area contributed by atoms with Gasteiger partial charge in [0.25, 0.3) is 11.2 Å². The highest BCUT2D eigenvalue weighted by Gasteiger charge is 2.33. The van der Waals surface area contributed by atoms with E-state index in [0.29, 0.717) is 31.4 Å². The van der Waals surface area contributed by atoms with Crippen LogP contribution in [0.4, 0.5) is 5.69 Å². The molecule has 7 nitrogen and oxygen atoms in total. The highest BCUT2D eigenvalue weighted by molar-refractivity contribution is 7.07. The van der Waals surface area contributed by atoms with Crippen molar-refractivity contribution >= 4 is 52.0 Å². The van der Waals surface area contributed by atoms with Crippen LogP contribution in [0, 0.1) is 10.1 Å². The summed E-state index contributed by atoms with van der Waals surface area (Å²) in [5.74, 6) is 0.857. The fraction of sp³-hybridized carbons (Fsp3) is 0.0968. The number of benzene rings is 3. The average molecular weight is 600 g/mol. The second kappa shape index (κ2) is 9.99. The predicted octanol–water partition coefficient (Wildman–Crippen LogP) is 6.79. The Labute approximate surface area is 247 Å². The van der Waals surface area contributed by atoms with Crippen molar-refractivity contribution in [1.29, 1.82) is 0 Å². The summed E-state index contributed by atoms with van der Waals surface area (Å²) in [5, 5.41) is 12.0. The zero-order valence-electron chi connectivity index (χ0n) is 21.2. The second-order valence-electron chi connectivity index (χ2n) is 9.76. The largest absolute Gasteiger partial charge is 0.457 e. The van der Waals surface area contributed by atoms with E-state index in [9.17, 15) is 14.9 Å². The molecule has 41 heavy (non-hydrogen) atoms. The van der Waals surface area contributed by atoms with Crippen LogP contribution in [0.1, 0.15) is 34.9 Å². The Kier molecular flexibility index (Phi) is 6.27. The number of furan rings is 1. The summed E-state index contributed by atoms with van der Waals surface area (Å²) in [6.45, 7) is 0. The van der Waals surface area contributed by atoms with Gasteiger partial charge in [-0.1, -0.05) is 77.0 Å². The third-order valence-electron chi connectivity index (χ3n) is 7.40. The minimum atomic E-state index is -0.538. The van der Waals surface area contributed by atoms with Gasteiger partial charge in [0.05, 0.1) is 21.2 Å². The number of allylic oxidation sites excluding steroid dienone is 1. The Morgan fingerprint density at radius 2 is 1.80 bits per heavy atom. The Hall–Kier alpha value is -4.24. The quantitative estimate of drug-likeness (QED) is 0.168. The number of thiazole rings is 1. The van der Waals surface area contributed by atoms with E-state index in [0.717, 1.165) is 35.2 Å². The Morgan fingerprint density at radius 1 is 1.00 bits per heavy atom. The molecule has 1 aliphatic carbocycles. The number of hydrogen-bond acceptors (Lipinski definition) is 6. The summed E-state index contributed by atoms with van der Waals surface area (Å²) in [4.78, 5) is 30.3. The van der Waals surface area contributed by atoms with E-state index in [4.69, 9.17) is 32.6 Å². The van der Waals surface area contributed by atoms with E-state index < -0.39 is 4.92 Å². The van der Waals surface area contributed by atoms with Crippen LogP contribution in [0.3, 0.4) is 0 Å². The van der Waals surface area contributed by atoms with Gasteiger partial charge in [-0.15, -0.1) is 0 Å². The first-order valence-electron chi connectivity index (χ1n) is 12.8. The van der Waals surface area contributed by atoms with Gasteiger partial charge in [-0.2, -0.15) is 0 Å². The van der Waals surface area contributed by atoms with E-state index in [2.05, 4.69) is 12.1 Å². The molecule has 3 heterocycles. The summed E-state index contributed by atoms with van der Waals surface area (Å²) in [6.07, 6.45) is 3.30. The summed E-state index contributed by atoms with van der Waals surface area (Å²) >= 11 is 14.0. The van der Waals surface area contributed by atoms with E-state index in [1.165, 1.54) is 29.0 Å². The molecule has 1 aliphatic heterocycles. The molecule has 0 spiro atoms. The van der Waals surface area contributed by atoms with Crippen molar-refractivity contribution in [3.8, 4) is 11.3 Å². The zero-order chi connectivity index (χ0) is 28.2. The zero-order valence-corrected chi connectivity index (χ0v) is 23.5. The lowest BCUT2D eigenvalue weighted by molar-refractivity contribution is -0.384. The second-order valence-corrected chi connectivity index (χ2v) is 11.6. The molecule has 1 unspecified atom stereocenters. The molecular weight excluding hydrogens is 581 g/mol. The number of aryl methyl sites for hydroxylation is 1. The van der Waals surface area contributed by atoms with Gasteiger partial charge in [0.1, 0.15) is 16.5 Å². The molecule has 7 rings (SSSR count). The third kappa shape index (κ3) is 4.35. The van der Waals surface area contributed by atoms with Crippen LogP contribution in [-0.4, -0.2) is 9.49 Å². The normalized spacial score (nSPS) is 16.1. The van der Waals surface area contributed by atoms with E-state index >= 15 is 0 Å². The van der Waals surface area contributed by atoms with Crippen molar-refractivity contribution in [3.63, 3.8) is 0 Å². The van der Waals surface area contributed by atoms with Gasteiger partial charge in [0.2, 0.25) is 0 Å². The maximum Gasteiger partial charge on any atom is 0.288 e. The molecule has 0 fully saturated rings. The van der Waals surface area contributed by atoms with Crippen molar-refractivity contribution in [2.45, 2.75) is 18.9 Å². The van der Waals surface area contributed by atoms with Crippen LogP contribution in [0.2, 0.25) is 10.0 Å². The molecule has 2 aromatic heterocycles. The molecule has 0 N–H and O–H groups in total. The molecule has 5 aromatic rings. The Balaban J connectivity index is 1.38. The number of rotatable bonds is 4. The standard InChI is InChI=1S/C31H19Cl2N3O4S/c32-23-8-4-3-7-21(23)29-22-12-9-17-5-1-2-6-20(17)28(22)34-31-35(29)30(37)27(41-31)16-19-11-14-26(40-19)18-10-13-24(33)25(15-18)36(38)39/h1-8,10-11,13-16,29H,9,12H2. The van der Waals surface area contributed by atoms with E-state index in [1.807, 2.05) is 36.4 Å². The van der Waals surface area contributed by atoms with E-state index in [-0.39, 0.29) is 22.3 Å². The summed E-state index contributed by atoms with van der Waals surface area (Å²) in [7, 11) is 0. The average Bonchev–Trinajstić information content (AvgIpc) is 3.56. The minimum Gasteiger partial charge on any atom is -0.457 e. The minimum absolute atomic E-state index is 0.0463. The number of halogens is 2. The van der Waals surface area contributed by atoms with Gasteiger partial charge in [-0.05, 0) is 59.9 Å². The molecule has 0 saturated heterocycles. The van der Waals surface area contributed by atoms with Crippen molar-refractivity contribution in [1.82, 2.24) is 4.57 Å². The number of hydrogen-bond donors (Lipinski definition) is 0. The molecule has 0 bridgehead atoms. The van der Waals surface area contributed by atoms with Gasteiger partial charge in [0.15, 0.2) is 4.80 Å². The number of nitro groups is 1. The van der Waals surface area contributed by atoms with Crippen molar-refractivity contribution in [2.24, 2.45) is 4.99 Å². The summed E-state index contributed by atoms with van der Waals surface area (Å²) < 4.78 is 8.17. The Morgan fingerprint density at radius 3 is 2.63 bits per heavy atom. The highest BCUT2D eigenvalue weighted by atomic mass is 35.5. The first kappa shape index (κ1) is 25.7. The van der Waals surface area contributed by atoms with Crippen molar-refractivity contribution in [2.75, 3.05) is 0 Å². The van der Waals surface area contributed by atoms with Gasteiger partial charge < -0.3 is 4.42 Å². The van der Waals surface area contributed by atoms with Crippen LogP contribution < -0.4 is 14.9 Å². The van der Waals surface area contributed by atoms with Gasteiger partial charge >= 0.3 is 0 Å². The van der Waals surface area contributed by atoms with Crippen LogP contribution >= 0.6 is 34.5 Å². The SMILES string of the molecule is O=c1c(=Cc2ccc(-c3ccc(Cl)c([N+](=O)[O-])c3)o2)sc2n1C(c1ccccc1Cl)C1=C(N=2)c2ccccc2CC1. The maximum absolute atomic E-state index is 14.0. The third-order valence-corrected chi connectivity index (χ3v) is 9.05. The number of fused-ring (bicyclic) bond motifs is 3.